The molecule has 1 saturated heterocycles. The zero-order chi connectivity index (χ0) is 20.0. The Hall–Kier alpha value is -1.83. The van der Waals surface area contributed by atoms with Crippen LogP contribution in [-0.2, 0) is 14.3 Å². The van der Waals surface area contributed by atoms with Crippen LogP contribution in [0.5, 0.6) is 5.75 Å². The maximum atomic E-state index is 12.9. The lowest BCUT2D eigenvalue weighted by Gasteiger charge is -2.34. The van der Waals surface area contributed by atoms with Crippen LogP contribution < -0.4 is 20.7 Å². The minimum absolute atomic E-state index is 0. The van der Waals surface area contributed by atoms with Crippen molar-refractivity contribution in [2.45, 2.75) is 50.5 Å². The second-order valence-electron chi connectivity index (χ2n) is 7.64. The highest BCUT2D eigenvalue weighted by atomic mass is 35.5. The van der Waals surface area contributed by atoms with Crippen LogP contribution in [0.3, 0.4) is 0 Å². The van der Waals surface area contributed by atoms with Crippen molar-refractivity contribution in [3.05, 3.63) is 18.2 Å². The first-order valence-corrected chi connectivity index (χ1v) is 10.1. The summed E-state index contributed by atoms with van der Waals surface area (Å²) in [5.41, 5.74) is 0.365. The van der Waals surface area contributed by atoms with Gasteiger partial charge in [-0.05, 0) is 57.0 Å². The smallest absolute Gasteiger partial charge is 0.256 e. The van der Waals surface area contributed by atoms with Gasteiger partial charge in [-0.1, -0.05) is 19.3 Å². The van der Waals surface area contributed by atoms with E-state index in [1.165, 1.54) is 6.42 Å². The van der Waals surface area contributed by atoms with Crippen molar-refractivity contribution in [3.63, 3.8) is 0 Å². The Kier molecular flexibility index (Phi) is 8.74. The predicted molar refractivity (Wildman–Crippen MR) is 116 cm³/mol. The number of halogens is 1. The number of methoxy groups -OCH3 is 2. The van der Waals surface area contributed by atoms with Gasteiger partial charge in [0.05, 0.1) is 12.8 Å². The van der Waals surface area contributed by atoms with E-state index in [0.717, 1.165) is 38.8 Å². The number of rotatable bonds is 6. The highest BCUT2D eigenvalue weighted by Gasteiger charge is 2.39. The molecule has 29 heavy (non-hydrogen) atoms. The molecular weight excluding hydrogens is 394 g/mol. The zero-order valence-corrected chi connectivity index (χ0v) is 18.0. The lowest BCUT2D eigenvalue weighted by atomic mass is 9.88. The average molecular weight is 426 g/mol. The van der Waals surface area contributed by atoms with Crippen molar-refractivity contribution in [2.24, 2.45) is 5.92 Å². The molecule has 1 aromatic rings. The van der Waals surface area contributed by atoms with E-state index >= 15 is 0 Å². The van der Waals surface area contributed by atoms with Crippen molar-refractivity contribution in [1.29, 1.82) is 0 Å². The largest absolute Gasteiger partial charge is 0.495 e. The highest BCUT2D eigenvalue weighted by Crippen LogP contribution is 2.32. The number of carbonyl (C=O) groups excluding carboxylic acids is 2. The molecule has 2 amide bonds. The third kappa shape index (κ3) is 5.62. The van der Waals surface area contributed by atoms with E-state index in [1.807, 2.05) is 0 Å². The molecule has 3 rings (SSSR count). The summed E-state index contributed by atoms with van der Waals surface area (Å²) in [5, 5.41) is 9.19. The van der Waals surface area contributed by atoms with E-state index in [0.29, 0.717) is 30.0 Å². The minimum Gasteiger partial charge on any atom is -0.495 e. The standard InChI is InChI=1S/C21H31N3O4.ClH/c1-27-18-9-8-16(23-20(26)21(28-2)10-12-22-13-11-21)14-17(18)24-19(25)15-6-4-3-5-7-15;/h8-9,14-15,22H,3-7,10-13H2,1-2H3,(H,23,26)(H,24,25);1H. The second-order valence-corrected chi connectivity index (χ2v) is 7.64. The molecule has 3 N–H and O–H groups in total. The number of amides is 2. The monoisotopic (exact) mass is 425 g/mol. The average Bonchev–Trinajstić information content (AvgIpc) is 2.75. The molecular formula is C21H32ClN3O4. The van der Waals surface area contributed by atoms with E-state index in [4.69, 9.17) is 9.47 Å². The molecule has 1 saturated carbocycles. The molecule has 1 aromatic carbocycles. The van der Waals surface area contributed by atoms with Gasteiger partial charge in [0.1, 0.15) is 11.4 Å². The van der Waals surface area contributed by atoms with Crippen molar-refractivity contribution in [1.82, 2.24) is 5.32 Å². The third-order valence-corrected chi connectivity index (χ3v) is 5.91. The minimum atomic E-state index is -0.823. The van der Waals surface area contributed by atoms with Crippen LogP contribution in [0.25, 0.3) is 0 Å². The third-order valence-electron chi connectivity index (χ3n) is 5.91. The summed E-state index contributed by atoms with van der Waals surface area (Å²) in [6.07, 6.45) is 6.49. The molecule has 0 bridgehead atoms. The molecule has 0 atom stereocenters. The number of benzene rings is 1. The van der Waals surface area contributed by atoms with E-state index < -0.39 is 5.60 Å². The molecule has 2 fully saturated rings. The van der Waals surface area contributed by atoms with Crippen LogP contribution in [0.4, 0.5) is 11.4 Å². The number of hydrogen-bond donors (Lipinski definition) is 3. The maximum absolute atomic E-state index is 12.9. The number of anilines is 2. The number of nitrogens with one attached hydrogen (secondary N) is 3. The van der Waals surface area contributed by atoms with E-state index in [2.05, 4.69) is 16.0 Å². The number of ether oxygens (including phenoxy) is 2. The van der Waals surface area contributed by atoms with Crippen molar-refractivity contribution in [3.8, 4) is 5.75 Å². The zero-order valence-electron chi connectivity index (χ0n) is 17.2. The molecule has 1 heterocycles. The van der Waals surface area contributed by atoms with E-state index in [-0.39, 0.29) is 30.1 Å². The van der Waals surface area contributed by atoms with E-state index in [9.17, 15) is 9.59 Å². The van der Waals surface area contributed by atoms with Gasteiger partial charge in [0, 0.05) is 18.7 Å². The summed E-state index contributed by atoms with van der Waals surface area (Å²) in [7, 11) is 3.15. The summed E-state index contributed by atoms with van der Waals surface area (Å²) in [6, 6.07) is 5.29. The second kappa shape index (κ2) is 10.8. The van der Waals surface area contributed by atoms with Crippen LogP contribution in [0.1, 0.15) is 44.9 Å². The normalized spacial score (nSPS) is 19.0. The Labute approximate surface area is 178 Å². The molecule has 162 valence electrons. The first kappa shape index (κ1) is 23.4. The van der Waals surface area contributed by atoms with Crippen LogP contribution in [0.2, 0.25) is 0 Å². The Morgan fingerprint density at radius 2 is 1.76 bits per heavy atom. The summed E-state index contributed by atoms with van der Waals surface area (Å²) in [5.74, 6) is 0.480. The molecule has 0 unspecified atom stereocenters. The van der Waals surface area contributed by atoms with E-state index in [1.54, 1.807) is 32.4 Å². The van der Waals surface area contributed by atoms with Gasteiger partial charge in [-0.25, -0.2) is 0 Å². The predicted octanol–water partition coefficient (Wildman–Crippen LogP) is 3.34. The highest BCUT2D eigenvalue weighted by molar-refractivity contribution is 5.99. The molecule has 0 aromatic heterocycles. The lowest BCUT2D eigenvalue weighted by molar-refractivity contribution is -0.140. The Bertz CT molecular complexity index is 701. The van der Waals surface area contributed by atoms with Crippen molar-refractivity contribution < 1.29 is 19.1 Å². The fourth-order valence-electron chi connectivity index (χ4n) is 4.08. The Balaban J connectivity index is 0.00000300. The molecule has 7 nitrogen and oxygen atoms in total. The van der Waals surface area contributed by atoms with Crippen LogP contribution in [0, 0.1) is 5.92 Å². The van der Waals surface area contributed by atoms with Gasteiger partial charge in [0.2, 0.25) is 5.91 Å². The summed E-state index contributed by atoms with van der Waals surface area (Å²) in [4.78, 5) is 25.5. The van der Waals surface area contributed by atoms with Gasteiger partial charge in [-0.2, -0.15) is 0 Å². The molecule has 2 aliphatic rings. The van der Waals surface area contributed by atoms with Crippen LogP contribution >= 0.6 is 12.4 Å². The van der Waals surface area contributed by atoms with Gasteiger partial charge in [-0.3, -0.25) is 9.59 Å². The van der Waals surface area contributed by atoms with Crippen molar-refractivity contribution >= 4 is 35.6 Å². The molecule has 8 heteroatoms. The maximum Gasteiger partial charge on any atom is 0.256 e. The van der Waals surface area contributed by atoms with Crippen LogP contribution in [-0.4, -0.2) is 44.7 Å². The fraction of sp³-hybridized carbons (Fsp3) is 0.619. The van der Waals surface area contributed by atoms with Gasteiger partial charge in [0.25, 0.3) is 5.91 Å². The molecule has 1 aliphatic carbocycles. The first-order valence-electron chi connectivity index (χ1n) is 10.1. The van der Waals surface area contributed by atoms with Gasteiger partial charge in [-0.15, -0.1) is 12.4 Å². The SMILES string of the molecule is COc1ccc(NC(=O)C2(OC)CCNCC2)cc1NC(=O)C1CCCCC1.Cl. The van der Waals surface area contributed by atoms with Gasteiger partial charge >= 0.3 is 0 Å². The van der Waals surface area contributed by atoms with Crippen LogP contribution in [0.15, 0.2) is 18.2 Å². The molecule has 0 spiro atoms. The van der Waals surface area contributed by atoms with Gasteiger partial charge in [0.15, 0.2) is 0 Å². The molecule has 0 radical (unpaired) electrons. The number of hydrogen-bond acceptors (Lipinski definition) is 5. The summed E-state index contributed by atoms with van der Waals surface area (Å²) < 4.78 is 11.0. The lowest BCUT2D eigenvalue weighted by Crippen LogP contribution is -2.51. The molecule has 1 aliphatic heterocycles. The topological polar surface area (TPSA) is 88.7 Å². The van der Waals surface area contributed by atoms with Gasteiger partial charge < -0.3 is 25.4 Å². The Morgan fingerprint density at radius 1 is 1.07 bits per heavy atom. The van der Waals surface area contributed by atoms with Crippen molar-refractivity contribution in [2.75, 3.05) is 37.9 Å². The summed E-state index contributed by atoms with van der Waals surface area (Å²) in [6.45, 7) is 1.49. The quantitative estimate of drug-likeness (QED) is 0.650. The number of carbonyl (C=O) groups is 2. The summed E-state index contributed by atoms with van der Waals surface area (Å²) >= 11 is 0. The first-order chi connectivity index (χ1) is 13.6. The fourth-order valence-corrected chi connectivity index (χ4v) is 4.08. The Morgan fingerprint density at radius 3 is 2.38 bits per heavy atom. The number of piperidine rings is 1.